The lowest BCUT2D eigenvalue weighted by Gasteiger charge is -2.35. The smallest absolute Gasteiger partial charge is 0.274 e. The molecule has 4 aromatic rings. The van der Waals surface area contributed by atoms with Crippen molar-refractivity contribution >= 4 is 28.1 Å². The van der Waals surface area contributed by atoms with Crippen LogP contribution in [0.2, 0.25) is 0 Å². The number of likely N-dealkylation sites (N-methyl/N-ethyl adjacent to an activating group) is 1. The molecule has 0 atom stereocenters. The fraction of sp³-hybridized carbons (Fsp3) is 0.457. The van der Waals surface area contributed by atoms with Crippen molar-refractivity contribution < 1.29 is 9.53 Å². The lowest BCUT2D eigenvalue weighted by Crippen LogP contribution is -2.45. The summed E-state index contributed by atoms with van der Waals surface area (Å²) in [6.07, 6.45) is 6.79. The van der Waals surface area contributed by atoms with Crippen LogP contribution in [-0.2, 0) is 6.54 Å². The van der Waals surface area contributed by atoms with E-state index in [1.807, 2.05) is 37.4 Å². The van der Waals surface area contributed by atoms with Crippen LogP contribution < -0.4 is 10.1 Å². The third-order valence-electron chi connectivity index (χ3n) is 9.21. The van der Waals surface area contributed by atoms with E-state index in [2.05, 4.69) is 76.6 Å². The van der Waals surface area contributed by atoms with Crippen molar-refractivity contribution in [2.24, 2.45) is 0 Å². The minimum Gasteiger partial charge on any atom is -0.492 e. The van der Waals surface area contributed by atoms with Crippen LogP contribution in [0.15, 0.2) is 65.6 Å². The number of carbonyl (C=O) groups excluding carboxylic acids is 1. The number of amides is 1. The lowest BCUT2D eigenvalue weighted by molar-refractivity contribution is 0.102. The maximum absolute atomic E-state index is 13.6. The van der Waals surface area contributed by atoms with Crippen LogP contribution in [0.4, 0.5) is 5.69 Å². The quantitative estimate of drug-likeness (QED) is 0.264. The zero-order valence-corrected chi connectivity index (χ0v) is 27.5. The van der Waals surface area contributed by atoms with Crippen molar-refractivity contribution in [2.75, 3.05) is 58.2 Å². The second-order valence-electron chi connectivity index (χ2n) is 12.6. The Bertz CT molecular complexity index is 1760. The van der Waals surface area contributed by atoms with Gasteiger partial charge in [0.15, 0.2) is 0 Å². The van der Waals surface area contributed by atoms with E-state index in [1.54, 1.807) is 10.6 Å². The Balaban J connectivity index is 1.17. The zero-order valence-electron chi connectivity index (χ0n) is 27.5. The van der Waals surface area contributed by atoms with Crippen LogP contribution >= 0.6 is 0 Å². The Morgan fingerprint density at radius 3 is 2.67 bits per heavy atom. The molecule has 10 nitrogen and oxygen atoms in total. The van der Waals surface area contributed by atoms with E-state index in [0.717, 1.165) is 73.7 Å². The number of nitrogens with one attached hydrogen (secondary N) is 1. The number of pyridine rings is 1. The number of allylic oxidation sites excluding steroid dienone is 3. The minimum absolute atomic E-state index is 0.221. The Hall–Kier alpha value is -4.15. The molecule has 1 aromatic carbocycles. The summed E-state index contributed by atoms with van der Waals surface area (Å²) in [6.45, 7) is 18.4. The van der Waals surface area contributed by atoms with Crippen molar-refractivity contribution in [2.45, 2.75) is 53.6 Å². The highest BCUT2D eigenvalue weighted by molar-refractivity contribution is 6.08. The number of imidazole rings is 1. The first-order valence-electron chi connectivity index (χ1n) is 16.2. The Kier molecular flexibility index (Phi) is 8.96. The molecule has 45 heavy (non-hydrogen) atoms. The van der Waals surface area contributed by atoms with Gasteiger partial charge in [0.25, 0.3) is 5.91 Å². The average Bonchev–Trinajstić information content (AvgIpc) is 3.59. The van der Waals surface area contributed by atoms with Gasteiger partial charge in [0.05, 0.1) is 29.6 Å². The predicted octanol–water partition coefficient (Wildman–Crippen LogP) is 5.21. The van der Waals surface area contributed by atoms with Gasteiger partial charge in [0.2, 0.25) is 0 Å². The summed E-state index contributed by atoms with van der Waals surface area (Å²) in [6, 6.07) is 10.2. The van der Waals surface area contributed by atoms with Gasteiger partial charge in [-0.2, -0.15) is 5.10 Å². The number of carbonyl (C=O) groups is 1. The molecule has 0 spiro atoms. The van der Waals surface area contributed by atoms with Gasteiger partial charge in [-0.25, -0.2) is 4.98 Å². The number of aryl methyl sites for hydroxylation is 1. The topological polar surface area (TPSA) is 83.2 Å². The summed E-state index contributed by atoms with van der Waals surface area (Å²) in [5, 5.41) is 9.03. The molecule has 0 saturated carbocycles. The summed E-state index contributed by atoms with van der Waals surface area (Å²) < 4.78 is 9.91. The van der Waals surface area contributed by atoms with Gasteiger partial charge < -0.3 is 19.9 Å². The van der Waals surface area contributed by atoms with Gasteiger partial charge in [0, 0.05) is 68.7 Å². The third-order valence-corrected chi connectivity index (χ3v) is 9.21. The molecule has 1 saturated heterocycles. The summed E-state index contributed by atoms with van der Waals surface area (Å²) in [4.78, 5) is 25.3. The van der Waals surface area contributed by atoms with Crippen LogP contribution in [-0.4, -0.2) is 98.7 Å². The van der Waals surface area contributed by atoms with Gasteiger partial charge in [-0.3, -0.25) is 18.8 Å². The number of piperazine rings is 1. The van der Waals surface area contributed by atoms with E-state index in [9.17, 15) is 4.79 Å². The van der Waals surface area contributed by atoms with Gasteiger partial charge >= 0.3 is 0 Å². The third kappa shape index (κ3) is 6.48. The molecule has 1 fully saturated rings. The molecule has 0 radical (unpaired) electrons. The Morgan fingerprint density at radius 2 is 1.91 bits per heavy atom. The Morgan fingerprint density at radius 1 is 1.11 bits per heavy atom. The van der Waals surface area contributed by atoms with E-state index in [1.165, 1.54) is 16.8 Å². The maximum atomic E-state index is 13.6. The second-order valence-corrected chi connectivity index (χ2v) is 12.6. The van der Waals surface area contributed by atoms with Crippen LogP contribution in [0.5, 0.6) is 5.75 Å². The number of anilines is 1. The number of aromatic nitrogens is 4. The minimum atomic E-state index is -0.221. The van der Waals surface area contributed by atoms with E-state index in [0.29, 0.717) is 30.5 Å². The summed E-state index contributed by atoms with van der Waals surface area (Å²) >= 11 is 0. The highest BCUT2D eigenvalue weighted by Crippen LogP contribution is 2.30. The Labute approximate surface area is 265 Å². The highest BCUT2D eigenvalue weighted by atomic mass is 16.5. The summed E-state index contributed by atoms with van der Waals surface area (Å²) in [7, 11) is 2.16. The lowest BCUT2D eigenvalue weighted by atomic mass is 9.98. The van der Waals surface area contributed by atoms with Gasteiger partial charge in [-0.15, -0.1) is 0 Å². The van der Waals surface area contributed by atoms with Crippen molar-refractivity contribution in [3.63, 3.8) is 0 Å². The number of benzene rings is 1. The number of nitrogens with zero attached hydrogens (tertiary/aromatic N) is 7. The van der Waals surface area contributed by atoms with E-state index < -0.39 is 0 Å². The molecule has 5 heterocycles. The van der Waals surface area contributed by atoms with Crippen molar-refractivity contribution in [1.29, 1.82) is 0 Å². The molecule has 0 unspecified atom stereocenters. The molecule has 2 aliphatic rings. The molecular weight excluding hydrogens is 564 g/mol. The molecule has 1 amide bonds. The fourth-order valence-electron chi connectivity index (χ4n) is 6.53. The van der Waals surface area contributed by atoms with Crippen LogP contribution in [0.3, 0.4) is 0 Å². The number of rotatable bonds is 10. The maximum Gasteiger partial charge on any atom is 0.274 e. The standard InChI is InChI=1S/C35H46N8O2/c1-7-27-22-42(24(2)3)25(4)19-28(27)23-43-31-10-8-9-30(34(31)26(5)38-43)37-35(44)32-21-36-33-20-29(11-12-41(32)33)45-18-17-40-15-13-39(6)14-16-40/h8-12,19-21,24H,7,13-18,22-23H2,1-6H3,(H,37,44). The van der Waals surface area contributed by atoms with Crippen LogP contribution in [0.25, 0.3) is 16.6 Å². The second kappa shape index (κ2) is 13.1. The van der Waals surface area contributed by atoms with Gasteiger partial charge in [-0.1, -0.05) is 13.0 Å². The first-order valence-corrected chi connectivity index (χ1v) is 16.2. The highest BCUT2D eigenvalue weighted by Gasteiger charge is 2.22. The molecule has 2 aliphatic heterocycles. The van der Waals surface area contributed by atoms with Crippen LogP contribution in [0, 0.1) is 6.92 Å². The first kappa shape index (κ1) is 30.9. The van der Waals surface area contributed by atoms with Gasteiger partial charge in [0.1, 0.15) is 23.7 Å². The zero-order chi connectivity index (χ0) is 31.7. The average molecular weight is 611 g/mol. The van der Waals surface area contributed by atoms with Crippen molar-refractivity contribution in [3.05, 3.63) is 77.0 Å². The van der Waals surface area contributed by atoms with E-state index in [4.69, 9.17) is 9.84 Å². The summed E-state index contributed by atoms with van der Waals surface area (Å²) in [5.74, 6) is 0.532. The van der Waals surface area contributed by atoms with Crippen molar-refractivity contribution in [1.82, 2.24) is 33.9 Å². The monoisotopic (exact) mass is 610 g/mol. The van der Waals surface area contributed by atoms with Crippen LogP contribution in [0.1, 0.15) is 50.3 Å². The number of ether oxygens (including phenoxy) is 1. The molecule has 238 valence electrons. The molecule has 0 bridgehead atoms. The molecule has 10 heteroatoms. The van der Waals surface area contributed by atoms with Gasteiger partial charge in [-0.05, 0) is 76.6 Å². The van der Waals surface area contributed by atoms with E-state index in [-0.39, 0.29) is 5.91 Å². The van der Waals surface area contributed by atoms with E-state index >= 15 is 0 Å². The summed E-state index contributed by atoms with van der Waals surface area (Å²) in [5.41, 5.74) is 7.81. The normalized spacial score (nSPS) is 16.7. The largest absolute Gasteiger partial charge is 0.492 e. The SMILES string of the molecule is CCC1=C(Cn2nc(C)c3c(NC(=O)c4cnc5cc(OCCN6CCN(C)CC6)ccn45)cccc32)C=C(C)N(C(C)C)C1. The first-order chi connectivity index (χ1) is 21.7. The number of hydrogen-bond acceptors (Lipinski definition) is 7. The molecule has 6 rings (SSSR count). The predicted molar refractivity (Wildman–Crippen MR) is 180 cm³/mol. The molecule has 0 aliphatic carbocycles. The number of hydrogen-bond donors (Lipinski definition) is 1. The fourth-order valence-corrected chi connectivity index (χ4v) is 6.53. The molecule has 3 aromatic heterocycles. The number of fused-ring (bicyclic) bond motifs is 2. The molecule has 1 N–H and O–H groups in total. The molecular formula is C35H46N8O2. The van der Waals surface area contributed by atoms with Crippen molar-refractivity contribution in [3.8, 4) is 5.75 Å².